The van der Waals surface area contributed by atoms with Gasteiger partial charge in [0.25, 0.3) is 11.9 Å². The van der Waals surface area contributed by atoms with E-state index in [1.807, 2.05) is 32.0 Å². The molecule has 0 atom stereocenters. The summed E-state index contributed by atoms with van der Waals surface area (Å²) in [7, 11) is 1.77. The number of pyridine rings is 1. The first-order chi connectivity index (χ1) is 16.0. The van der Waals surface area contributed by atoms with Crippen LogP contribution < -0.4 is 0 Å². The van der Waals surface area contributed by atoms with Gasteiger partial charge in [-0.25, -0.2) is 19.0 Å². The fraction of sp³-hybridized carbons (Fsp3) is 0.240. The van der Waals surface area contributed by atoms with E-state index in [4.69, 9.17) is 0 Å². The predicted octanol–water partition coefficient (Wildman–Crippen LogP) is 4.30. The van der Waals surface area contributed by atoms with Crippen molar-refractivity contribution in [2.75, 3.05) is 13.6 Å². The minimum Gasteiger partial charge on any atom is -0.341 e. The summed E-state index contributed by atoms with van der Waals surface area (Å²) < 4.78 is 15.8. The molecule has 0 unspecified atom stereocenters. The molecule has 1 aromatic carbocycles. The summed E-state index contributed by atoms with van der Waals surface area (Å²) in [5.74, 6) is -0.228. The van der Waals surface area contributed by atoms with Gasteiger partial charge in [0.1, 0.15) is 5.82 Å². The number of rotatable bonds is 7. The molecule has 0 aliphatic carbocycles. The van der Waals surface area contributed by atoms with Crippen molar-refractivity contribution in [1.29, 1.82) is 0 Å². The average Bonchev–Trinajstić information content (AvgIpc) is 3.29. The van der Waals surface area contributed by atoms with Crippen LogP contribution in [0.1, 0.15) is 41.5 Å². The topological polar surface area (TPSA) is 76.8 Å². The second-order valence-electron chi connectivity index (χ2n) is 8.03. The summed E-state index contributed by atoms with van der Waals surface area (Å²) in [6.07, 6.45) is 5.51. The van der Waals surface area contributed by atoms with Gasteiger partial charge in [-0.2, -0.15) is 5.10 Å². The largest absolute Gasteiger partial charge is 0.341 e. The zero-order chi connectivity index (χ0) is 23.4. The van der Waals surface area contributed by atoms with Crippen LogP contribution in [0.15, 0.2) is 67.1 Å². The molecule has 168 valence electrons. The van der Waals surface area contributed by atoms with E-state index in [2.05, 4.69) is 20.1 Å². The van der Waals surface area contributed by atoms with E-state index >= 15 is 0 Å². The van der Waals surface area contributed by atoms with Crippen LogP contribution in [0.3, 0.4) is 0 Å². The fourth-order valence-electron chi connectivity index (χ4n) is 3.64. The van der Waals surface area contributed by atoms with Crippen LogP contribution in [0.4, 0.5) is 4.39 Å². The first kappa shape index (κ1) is 22.3. The molecule has 1 amide bonds. The van der Waals surface area contributed by atoms with Crippen LogP contribution in [0.25, 0.3) is 17.2 Å². The second kappa shape index (κ2) is 9.68. The molecule has 0 fully saturated rings. The number of benzene rings is 1. The summed E-state index contributed by atoms with van der Waals surface area (Å²) in [4.78, 5) is 28.1. The lowest BCUT2D eigenvalue weighted by Gasteiger charge is -2.18. The number of halogens is 1. The second-order valence-corrected chi connectivity index (χ2v) is 8.03. The van der Waals surface area contributed by atoms with Crippen molar-refractivity contribution in [2.45, 2.75) is 26.2 Å². The lowest BCUT2D eigenvalue weighted by atomic mass is 10.0. The van der Waals surface area contributed by atoms with E-state index in [1.165, 1.54) is 6.07 Å². The quantitative estimate of drug-likeness (QED) is 0.425. The zero-order valence-electron chi connectivity index (χ0n) is 18.8. The highest BCUT2D eigenvalue weighted by Gasteiger charge is 2.24. The molecule has 0 bridgehead atoms. The van der Waals surface area contributed by atoms with E-state index in [-0.39, 0.29) is 23.6 Å². The van der Waals surface area contributed by atoms with Crippen LogP contribution in [-0.4, -0.2) is 49.1 Å². The van der Waals surface area contributed by atoms with Gasteiger partial charge in [-0.05, 0) is 36.2 Å². The van der Waals surface area contributed by atoms with Gasteiger partial charge in [0.05, 0.1) is 23.1 Å². The van der Waals surface area contributed by atoms with E-state index in [9.17, 15) is 9.18 Å². The third-order valence-electron chi connectivity index (χ3n) is 5.34. The van der Waals surface area contributed by atoms with Crippen molar-refractivity contribution in [3.05, 3.63) is 89.9 Å². The summed E-state index contributed by atoms with van der Waals surface area (Å²) in [6, 6.07) is 13.8. The first-order valence-corrected chi connectivity index (χ1v) is 10.8. The van der Waals surface area contributed by atoms with E-state index in [0.717, 1.165) is 5.69 Å². The van der Waals surface area contributed by atoms with Gasteiger partial charge in [-0.1, -0.05) is 32.0 Å². The molecule has 33 heavy (non-hydrogen) atoms. The van der Waals surface area contributed by atoms with Crippen LogP contribution >= 0.6 is 0 Å². The van der Waals surface area contributed by atoms with E-state index in [1.54, 1.807) is 59.5 Å². The lowest BCUT2D eigenvalue weighted by molar-refractivity contribution is 0.0794. The van der Waals surface area contributed by atoms with Gasteiger partial charge in [0.15, 0.2) is 0 Å². The third-order valence-corrected chi connectivity index (χ3v) is 5.34. The molecule has 0 saturated carbocycles. The van der Waals surface area contributed by atoms with Crippen molar-refractivity contribution in [2.24, 2.45) is 0 Å². The molecule has 0 saturated heterocycles. The molecule has 7 nitrogen and oxygen atoms in total. The summed E-state index contributed by atoms with van der Waals surface area (Å²) in [5, 5.41) is 4.42. The molecule has 3 aromatic heterocycles. The monoisotopic (exact) mass is 444 g/mol. The molecule has 0 spiro atoms. The molecule has 4 aromatic rings. The molecule has 0 aliphatic heterocycles. The Labute approximate surface area is 192 Å². The third kappa shape index (κ3) is 4.79. The van der Waals surface area contributed by atoms with Gasteiger partial charge in [-0.3, -0.25) is 9.78 Å². The fourth-order valence-corrected chi connectivity index (χ4v) is 3.64. The normalized spacial score (nSPS) is 11.1. The van der Waals surface area contributed by atoms with Crippen LogP contribution in [0, 0.1) is 5.82 Å². The molecule has 0 radical (unpaired) electrons. The minimum absolute atomic E-state index is 0.0173. The maximum absolute atomic E-state index is 14.3. The predicted molar refractivity (Wildman–Crippen MR) is 124 cm³/mol. The number of aromatic nitrogens is 5. The van der Waals surface area contributed by atoms with Crippen molar-refractivity contribution in [1.82, 2.24) is 29.6 Å². The Kier molecular flexibility index (Phi) is 6.53. The molecular weight excluding hydrogens is 419 g/mol. The molecule has 0 N–H and O–H groups in total. The number of amides is 1. The van der Waals surface area contributed by atoms with Crippen LogP contribution in [0.2, 0.25) is 0 Å². The molecule has 0 aliphatic rings. The maximum atomic E-state index is 14.3. The van der Waals surface area contributed by atoms with Crippen molar-refractivity contribution in [3.8, 4) is 17.2 Å². The number of carbonyl (C=O) groups is 1. The lowest BCUT2D eigenvalue weighted by Crippen LogP contribution is -2.30. The van der Waals surface area contributed by atoms with Crippen molar-refractivity contribution in [3.63, 3.8) is 0 Å². The molecule has 8 heteroatoms. The molecule has 3 heterocycles. The Balaban J connectivity index is 1.63. The standard InChI is InChI=1S/C25H25FN6O/c1-17(2)23-20(24(33)31(3)15-12-18-8-6-7-13-27-18)16-29-32(23)25-28-14-11-22(30-25)19-9-4-5-10-21(19)26/h4-11,13-14,16-17H,12,15H2,1-3H3. The smallest absolute Gasteiger partial charge is 0.257 e. The van der Waals surface area contributed by atoms with Gasteiger partial charge < -0.3 is 4.90 Å². The molecule has 4 rings (SSSR count). The molecular formula is C25H25FN6O. The highest BCUT2D eigenvalue weighted by Crippen LogP contribution is 2.25. The highest BCUT2D eigenvalue weighted by molar-refractivity contribution is 5.95. The Hall–Kier alpha value is -3.94. The van der Waals surface area contributed by atoms with Crippen molar-refractivity contribution >= 4 is 5.91 Å². The van der Waals surface area contributed by atoms with E-state index in [0.29, 0.717) is 35.5 Å². The van der Waals surface area contributed by atoms with Gasteiger partial charge in [0, 0.05) is 43.7 Å². The maximum Gasteiger partial charge on any atom is 0.257 e. The summed E-state index contributed by atoms with van der Waals surface area (Å²) >= 11 is 0. The Morgan fingerprint density at radius 1 is 1.06 bits per heavy atom. The Morgan fingerprint density at radius 3 is 2.58 bits per heavy atom. The number of nitrogens with zero attached hydrogens (tertiary/aromatic N) is 6. The van der Waals surface area contributed by atoms with Gasteiger partial charge in [-0.15, -0.1) is 0 Å². The number of likely N-dealkylation sites (N-methyl/N-ethyl adjacent to an activating group) is 1. The Morgan fingerprint density at radius 2 is 1.85 bits per heavy atom. The minimum atomic E-state index is -0.364. The summed E-state index contributed by atoms with van der Waals surface area (Å²) in [6.45, 7) is 4.50. The van der Waals surface area contributed by atoms with Gasteiger partial charge in [0.2, 0.25) is 0 Å². The highest BCUT2D eigenvalue weighted by atomic mass is 19.1. The number of carbonyl (C=O) groups excluding carboxylic acids is 1. The zero-order valence-corrected chi connectivity index (χ0v) is 18.8. The van der Waals surface area contributed by atoms with Crippen molar-refractivity contribution < 1.29 is 9.18 Å². The number of hydrogen-bond acceptors (Lipinski definition) is 5. The average molecular weight is 445 g/mol. The van der Waals surface area contributed by atoms with Crippen LogP contribution in [-0.2, 0) is 6.42 Å². The number of hydrogen-bond donors (Lipinski definition) is 0. The SMILES string of the molecule is CC(C)c1c(C(=O)N(C)CCc2ccccn2)cnn1-c1nccc(-c2ccccc2F)n1. The van der Waals surface area contributed by atoms with E-state index < -0.39 is 0 Å². The first-order valence-electron chi connectivity index (χ1n) is 10.8. The van der Waals surface area contributed by atoms with Crippen LogP contribution in [0.5, 0.6) is 0 Å². The summed E-state index contributed by atoms with van der Waals surface area (Å²) in [5.41, 5.74) is 2.95. The Bertz CT molecular complexity index is 1250. The van der Waals surface area contributed by atoms with Gasteiger partial charge >= 0.3 is 0 Å².